The lowest BCUT2D eigenvalue weighted by Crippen LogP contribution is -2.30. The van der Waals surface area contributed by atoms with E-state index in [0.717, 1.165) is 10.5 Å². The molecular formula is C22H18BrN3O4. The fraction of sp³-hybridized carbons (Fsp3) is 0.136. The molecule has 1 saturated heterocycles. The first kappa shape index (κ1) is 21.1. The maximum absolute atomic E-state index is 12.4. The lowest BCUT2D eigenvalue weighted by molar-refractivity contribution is -0.122. The van der Waals surface area contributed by atoms with Crippen LogP contribution in [0.15, 0.2) is 59.2 Å². The van der Waals surface area contributed by atoms with Crippen molar-refractivity contribution in [3.63, 3.8) is 0 Å². The van der Waals surface area contributed by atoms with Crippen molar-refractivity contribution in [2.75, 3.05) is 13.7 Å². The summed E-state index contributed by atoms with van der Waals surface area (Å²) in [5.74, 6) is 0.469. The third-order valence-electron chi connectivity index (χ3n) is 4.35. The number of rotatable bonds is 7. The van der Waals surface area contributed by atoms with Crippen molar-refractivity contribution >= 4 is 33.9 Å². The first-order chi connectivity index (χ1) is 14.5. The highest BCUT2D eigenvalue weighted by Crippen LogP contribution is 2.38. The Kier molecular flexibility index (Phi) is 6.54. The Labute approximate surface area is 182 Å². The fourth-order valence-electron chi connectivity index (χ4n) is 2.90. The molecule has 1 N–H and O–H groups in total. The number of ether oxygens (including phenoxy) is 2. The Morgan fingerprint density at radius 1 is 1.30 bits per heavy atom. The summed E-state index contributed by atoms with van der Waals surface area (Å²) in [4.78, 5) is 25.4. The summed E-state index contributed by atoms with van der Waals surface area (Å²) in [7, 11) is 1.50. The van der Waals surface area contributed by atoms with Crippen molar-refractivity contribution in [2.24, 2.45) is 0 Å². The van der Waals surface area contributed by atoms with E-state index in [0.29, 0.717) is 27.1 Å². The molecule has 1 fully saturated rings. The molecule has 3 rings (SSSR count). The van der Waals surface area contributed by atoms with Crippen LogP contribution in [-0.2, 0) is 11.4 Å². The summed E-state index contributed by atoms with van der Waals surface area (Å²) in [6.07, 6.45) is 3.04. The smallest absolute Gasteiger partial charge is 0.329 e. The fourth-order valence-corrected chi connectivity index (χ4v) is 3.48. The highest BCUT2D eigenvalue weighted by molar-refractivity contribution is 9.10. The molecule has 1 heterocycles. The molecule has 30 heavy (non-hydrogen) atoms. The molecule has 3 amide bonds. The zero-order chi connectivity index (χ0) is 21.7. The minimum Gasteiger partial charge on any atom is -0.493 e. The molecule has 0 spiro atoms. The third kappa shape index (κ3) is 4.36. The van der Waals surface area contributed by atoms with Crippen molar-refractivity contribution in [2.45, 2.75) is 6.61 Å². The largest absolute Gasteiger partial charge is 0.493 e. The number of benzene rings is 2. The average molecular weight is 468 g/mol. The molecule has 1 aliphatic heterocycles. The van der Waals surface area contributed by atoms with E-state index in [1.165, 1.54) is 13.2 Å². The predicted octanol–water partition coefficient (Wildman–Crippen LogP) is 3.99. The number of nitrogens with one attached hydrogen (secondary N) is 1. The van der Waals surface area contributed by atoms with Gasteiger partial charge in [0.2, 0.25) is 0 Å². The Balaban J connectivity index is 1.86. The van der Waals surface area contributed by atoms with E-state index in [-0.39, 0.29) is 18.8 Å². The van der Waals surface area contributed by atoms with Gasteiger partial charge >= 0.3 is 6.03 Å². The molecule has 0 saturated carbocycles. The Morgan fingerprint density at radius 2 is 2.07 bits per heavy atom. The van der Waals surface area contributed by atoms with E-state index in [2.05, 4.69) is 33.9 Å². The normalized spacial score (nSPS) is 14.4. The van der Waals surface area contributed by atoms with Crippen LogP contribution in [0, 0.1) is 11.3 Å². The van der Waals surface area contributed by atoms with E-state index in [9.17, 15) is 14.9 Å². The number of nitrogens with zero attached hydrogens (tertiary/aromatic N) is 2. The SMILES string of the molecule is C=CCN1C(=O)N/C(=C/c2cc(Br)c(OCc3ccccc3C#N)c(OC)c2)C1=O. The number of carbonyl (C=O) groups excluding carboxylic acids is 2. The van der Waals surface area contributed by atoms with Gasteiger partial charge in [-0.15, -0.1) is 6.58 Å². The molecule has 0 aromatic heterocycles. The monoisotopic (exact) mass is 467 g/mol. The number of urea groups is 1. The molecule has 2 aromatic carbocycles. The first-order valence-corrected chi connectivity index (χ1v) is 9.71. The summed E-state index contributed by atoms with van der Waals surface area (Å²) >= 11 is 3.47. The number of amides is 3. The molecule has 0 radical (unpaired) electrons. The minimum absolute atomic E-state index is 0.131. The van der Waals surface area contributed by atoms with Crippen molar-refractivity contribution in [3.05, 3.63) is 75.9 Å². The van der Waals surface area contributed by atoms with Gasteiger partial charge in [-0.1, -0.05) is 24.3 Å². The molecule has 0 atom stereocenters. The second kappa shape index (κ2) is 9.29. The van der Waals surface area contributed by atoms with Crippen molar-refractivity contribution in [3.8, 4) is 17.6 Å². The molecule has 1 aliphatic rings. The molecule has 2 aromatic rings. The summed E-state index contributed by atoms with van der Waals surface area (Å²) in [5, 5.41) is 11.8. The number of hydrogen-bond donors (Lipinski definition) is 1. The standard InChI is InChI=1S/C22H18BrN3O4/c1-3-8-26-21(27)18(25-22(26)28)10-14-9-17(23)20(19(11-14)29-2)30-13-16-7-5-4-6-15(16)12-24/h3-7,9-11H,1,8,13H2,2H3,(H,25,28)/b18-10+. The van der Waals surface area contributed by atoms with Gasteiger partial charge in [0.05, 0.1) is 23.2 Å². The number of methoxy groups -OCH3 is 1. The number of imide groups is 1. The van der Waals surface area contributed by atoms with Crippen LogP contribution in [0.25, 0.3) is 6.08 Å². The van der Waals surface area contributed by atoms with Gasteiger partial charge in [-0.05, 0) is 45.8 Å². The van der Waals surface area contributed by atoms with Crippen molar-refractivity contribution < 1.29 is 19.1 Å². The van der Waals surface area contributed by atoms with Crippen LogP contribution in [0.2, 0.25) is 0 Å². The van der Waals surface area contributed by atoms with Crippen LogP contribution in [0.3, 0.4) is 0 Å². The van der Waals surface area contributed by atoms with Crippen LogP contribution < -0.4 is 14.8 Å². The lowest BCUT2D eigenvalue weighted by Gasteiger charge is -2.14. The summed E-state index contributed by atoms with van der Waals surface area (Å²) < 4.78 is 11.9. The number of hydrogen-bond acceptors (Lipinski definition) is 5. The van der Waals surface area contributed by atoms with E-state index < -0.39 is 11.9 Å². The molecule has 7 nitrogen and oxygen atoms in total. The van der Waals surface area contributed by atoms with Crippen LogP contribution in [-0.4, -0.2) is 30.5 Å². The highest BCUT2D eigenvalue weighted by Gasteiger charge is 2.32. The lowest BCUT2D eigenvalue weighted by atomic mass is 10.1. The molecule has 0 unspecified atom stereocenters. The van der Waals surface area contributed by atoms with Crippen LogP contribution in [0.4, 0.5) is 4.79 Å². The van der Waals surface area contributed by atoms with Crippen molar-refractivity contribution in [1.29, 1.82) is 5.26 Å². The van der Waals surface area contributed by atoms with Gasteiger partial charge in [0, 0.05) is 12.1 Å². The topological polar surface area (TPSA) is 91.7 Å². The Hall–Kier alpha value is -3.57. The second-order valence-electron chi connectivity index (χ2n) is 6.28. The third-order valence-corrected chi connectivity index (χ3v) is 4.94. The van der Waals surface area contributed by atoms with E-state index in [1.54, 1.807) is 30.3 Å². The van der Waals surface area contributed by atoms with Gasteiger partial charge in [-0.2, -0.15) is 5.26 Å². The molecular weight excluding hydrogens is 450 g/mol. The molecule has 0 aliphatic carbocycles. The molecule has 152 valence electrons. The summed E-state index contributed by atoms with van der Waals surface area (Å²) in [6, 6.07) is 12.3. The zero-order valence-corrected chi connectivity index (χ0v) is 17.7. The van der Waals surface area contributed by atoms with E-state index >= 15 is 0 Å². The second-order valence-corrected chi connectivity index (χ2v) is 7.14. The van der Waals surface area contributed by atoms with E-state index in [4.69, 9.17) is 9.47 Å². The number of nitriles is 1. The maximum atomic E-state index is 12.4. The molecule has 0 bridgehead atoms. The molecule has 8 heteroatoms. The van der Waals surface area contributed by atoms with Gasteiger partial charge in [0.25, 0.3) is 5.91 Å². The average Bonchev–Trinajstić information content (AvgIpc) is 3.00. The van der Waals surface area contributed by atoms with Gasteiger partial charge in [0.1, 0.15) is 12.3 Å². The van der Waals surface area contributed by atoms with Crippen LogP contribution in [0.1, 0.15) is 16.7 Å². The van der Waals surface area contributed by atoms with Crippen LogP contribution in [0.5, 0.6) is 11.5 Å². The maximum Gasteiger partial charge on any atom is 0.329 e. The quantitative estimate of drug-likeness (QED) is 0.377. The Morgan fingerprint density at radius 3 is 2.77 bits per heavy atom. The number of halogens is 1. The van der Waals surface area contributed by atoms with Gasteiger partial charge in [0.15, 0.2) is 11.5 Å². The highest BCUT2D eigenvalue weighted by atomic mass is 79.9. The predicted molar refractivity (Wildman–Crippen MR) is 115 cm³/mol. The zero-order valence-electron chi connectivity index (χ0n) is 16.1. The first-order valence-electron chi connectivity index (χ1n) is 8.92. The van der Waals surface area contributed by atoms with E-state index in [1.807, 2.05) is 12.1 Å². The summed E-state index contributed by atoms with van der Waals surface area (Å²) in [6.45, 7) is 3.86. The minimum atomic E-state index is -0.492. The van der Waals surface area contributed by atoms with Gasteiger partial charge < -0.3 is 14.8 Å². The van der Waals surface area contributed by atoms with Crippen molar-refractivity contribution in [1.82, 2.24) is 10.2 Å². The van der Waals surface area contributed by atoms with Crippen LogP contribution >= 0.6 is 15.9 Å². The van der Waals surface area contributed by atoms with Gasteiger partial charge in [-0.3, -0.25) is 9.69 Å². The summed E-state index contributed by atoms with van der Waals surface area (Å²) in [5.41, 5.74) is 2.08. The Bertz CT molecular complexity index is 1090. The number of carbonyl (C=O) groups is 2. The van der Waals surface area contributed by atoms with Gasteiger partial charge in [-0.25, -0.2) is 4.79 Å².